The molecular formula is C20H25N. The molecule has 21 heavy (non-hydrogen) atoms. The van der Waals surface area contributed by atoms with E-state index in [2.05, 4.69) is 80.7 Å². The van der Waals surface area contributed by atoms with Crippen molar-refractivity contribution in [2.24, 2.45) is 11.3 Å². The van der Waals surface area contributed by atoms with Gasteiger partial charge in [-0.05, 0) is 35.6 Å². The zero-order chi connectivity index (χ0) is 14.9. The molecule has 2 atom stereocenters. The van der Waals surface area contributed by atoms with Crippen LogP contribution in [0.1, 0.15) is 33.6 Å². The van der Waals surface area contributed by atoms with Crippen LogP contribution in [0.5, 0.6) is 0 Å². The van der Waals surface area contributed by atoms with Gasteiger partial charge in [-0.1, -0.05) is 69.3 Å². The maximum Gasteiger partial charge on any atom is 0.0444 e. The third-order valence-corrected chi connectivity index (χ3v) is 4.61. The van der Waals surface area contributed by atoms with E-state index in [1.165, 1.54) is 29.3 Å². The fourth-order valence-corrected chi connectivity index (χ4v) is 3.21. The quantitative estimate of drug-likeness (QED) is 0.702. The molecule has 0 bridgehead atoms. The number of rotatable bonds is 2. The second-order valence-corrected chi connectivity index (χ2v) is 7.21. The summed E-state index contributed by atoms with van der Waals surface area (Å²) in [6.45, 7) is 7.00. The Hall–Kier alpha value is -1.76. The van der Waals surface area contributed by atoms with Gasteiger partial charge in [-0.2, -0.15) is 0 Å². The second-order valence-electron chi connectivity index (χ2n) is 7.21. The third kappa shape index (κ3) is 3.12. The Morgan fingerprint density at radius 2 is 1.67 bits per heavy atom. The first-order valence-electron chi connectivity index (χ1n) is 7.97. The summed E-state index contributed by atoms with van der Waals surface area (Å²) in [5, 5.41) is 6.32. The minimum absolute atomic E-state index is 0.376. The summed E-state index contributed by atoms with van der Waals surface area (Å²) in [6.07, 6.45) is 7.25. The van der Waals surface area contributed by atoms with Gasteiger partial charge in [0.2, 0.25) is 0 Å². The maximum atomic E-state index is 3.71. The molecule has 0 heterocycles. The van der Waals surface area contributed by atoms with E-state index in [9.17, 15) is 0 Å². The van der Waals surface area contributed by atoms with Gasteiger partial charge in [-0.3, -0.25) is 0 Å². The van der Waals surface area contributed by atoms with Crippen LogP contribution < -0.4 is 5.32 Å². The molecule has 3 rings (SSSR count). The van der Waals surface area contributed by atoms with E-state index in [0.717, 1.165) is 0 Å². The normalized spacial score (nSPS) is 22.4. The molecule has 1 heteroatoms. The Morgan fingerprint density at radius 1 is 0.905 bits per heavy atom. The predicted molar refractivity (Wildman–Crippen MR) is 92.7 cm³/mol. The zero-order valence-corrected chi connectivity index (χ0v) is 13.3. The summed E-state index contributed by atoms with van der Waals surface area (Å²) in [5.74, 6) is 0.697. The number of anilines is 1. The average Bonchev–Trinajstić information content (AvgIpc) is 2.47. The van der Waals surface area contributed by atoms with Crippen molar-refractivity contribution in [2.75, 3.05) is 5.32 Å². The lowest BCUT2D eigenvalue weighted by molar-refractivity contribution is 0.264. The van der Waals surface area contributed by atoms with Crippen molar-refractivity contribution in [1.29, 1.82) is 0 Å². The molecule has 1 aliphatic rings. The van der Waals surface area contributed by atoms with Gasteiger partial charge in [-0.15, -0.1) is 0 Å². The minimum atomic E-state index is 0.376. The van der Waals surface area contributed by atoms with E-state index in [1.807, 2.05) is 0 Å². The predicted octanol–water partition coefficient (Wildman–Crippen LogP) is 5.63. The lowest BCUT2D eigenvalue weighted by Crippen LogP contribution is -2.27. The summed E-state index contributed by atoms with van der Waals surface area (Å²) in [6, 6.07) is 15.5. The van der Waals surface area contributed by atoms with Crippen molar-refractivity contribution in [2.45, 2.75) is 39.7 Å². The van der Waals surface area contributed by atoms with Gasteiger partial charge in [0.1, 0.15) is 0 Å². The Balaban J connectivity index is 1.78. The first-order chi connectivity index (χ1) is 10.0. The molecule has 0 saturated carbocycles. The van der Waals surface area contributed by atoms with Crippen LogP contribution in [0.15, 0.2) is 54.6 Å². The molecule has 2 aromatic carbocycles. The van der Waals surface area contributed by atoms with Gasteiger partial charge in [0.25, 0.3) is 0 Å². The van der Waals surface area contributed by atoms with Gasteiger partial charge in [0.05, 0.1) is 0 Å². The fourth-order valence-electron chi connectivity index (χ4n) is 3.21. The van der Waals surface area contributed by atoms with Crippen molar-refractivity contribution in [3.05, 3.63) is 54.6 Å². The molecule has 1 N–H and O–H groups in total. The lowest BCUT2D eigenvalue weighted by atomic mass is 9.75. The summed E-state index contributed by atoms with van der Waals surface area (Å²) >= 11 is 0. The smallest absolute Gasteiger partial charge is 0.0444 e. The van der Waals surface area contributed by atoms with Gasteiger partial charge < -0.3 is 5.32 Å². The Labute approximate surface area is 128 Å². The van der Waals surface area contributed by atoms with E-state index >= 15 is 0 Å². The molecule has 110 valence electrons. The highest BCUT2D eigenvalue weighted by Gasteiger charge is 2.25. The molecular weight excluding hydrogens is 254 g/mol. The summed E-state index contributed by atoms with van der Waals surface area (Å²) in [5.41, 5.74) is 1.62. The number of nitrogens with one attached hydrogen (secondary N) is 1. The molecule has 2 aromatic rings. The first kappa shape index (κ1) is 14.2. The van der Waals surface area contributed by atoms with Crippen LogP contribution in [0.25, 0.3) is 10.8 Å². The highest BCUT2D eigenvalue weighted by atomic mass is 14.9. The van der Waals surface area contributed by atoms with Crippen LogP contribution in [0.4, 0.5) is 5.69 Å². The van der Waals surface area contributed by atoms with Crippen molar-refractivity contribution in [3.8, 4) is 0 Å². The van der Waals surface area contributed by atoms with Crippen molar-refractivity contribution in [1.82, 2.24) is 0 Å². The van der Waals surface area contributed by atoms with Crippen LogP contribution in [0.3, 0.4) is 0 Å². The summed E-state index contributed by atoms with van der Waals surface area (Å²) in [7, 11) is 0. The summed E-state index contributed by atoms with van der Waals surface area (Å²) in [4.78, 5) is 0. The molecule has 1 nitrogen and oxygen atoms in total. The molecule has 0 radical (unpaired) electrons. The molecule has 2 unspecified atom stereocenters. The maximum absolute atomic E-state index is 3.71. The van der Waals surface area contributed by atoms with Crippen molar-refractivity contribution >= 4 is 16.5 Å². The van der Waals surface area contributed by atoms with E-state index < -0.39 is 0 Å². The number of benzene rings is 2. The average molecular weight is 279 g/mol. The monoisotopic (exact) mass is 279 g/mol. The third-order valence-electron chi connectivity index (χ3n) is 4.61. The molecule has 0 aromatic heterocycles. The largest absolute Gasteiger partial charge is 0.378 e. The SMILES string of the molecule is CC(C)(C)C1C=CC(Nc2cccc3ccccc23)CC1. The van der Waals surface area contributed by atoms with Crippen LogP contribution >= 0.6 is 0 Å². The standard InChI is InChI=1S/C20H25N/c1-20(2,3)16-11-13-17(14-12-16)21-19-10-6-8-15-7-4-5-9-18(15)19/h4-11,13,16-17,21H,12,14H2,1-3H3. The van der Waals surface area contributed by atoms with E-state index in [-0.39, 0.29) is 0 Å². The molecule has 0 saturated heterocycles. The molecule has 0 amide bonds. The number of hydrogen-bond donors (Lipinski definition) is 1. The topological polar surface area (TPSA) is 12.0 Å². The van der Waals surface area contributed by atoms with Crippen molar-refractivity contribution < 1.29 is 0 Å². The van der Waals surface area contributed by atoms with Crippen LogP contribution in [0, 0.1) is 11.3 Å². The van der Waals surface area contributed by atoms with E-state index in [1.54, 1.807) is 0 Å². The van der Waals surface area contributed by atoms with Gasteiger partial charge >= 0.3 is 0 Å². The second kappa shape index (κ2) is 5.55. The first-order valence-corrected chi connectivity index (χ1v) is 7.97. The lowest BCUT2D eigenvalue weighted by Gasteiger charge is -2.33. The minimum Gasteiger partial charge on any atom is -0.378 e. The Morgan fingerprint density at radius 3 is 2.38 bits per heavy atom. The number of hydrogen-bond acceptors (Lipinski definition) is 1. The van der Waals surface area contributed by atoms with Crippen LogP contribution in [0.2, 0.25) is 0 Å². The van der Waals surface area contributed by atoms with Gasteiger partial charge in [0, 0.05) is 17.1 Å². The number of allylic oxidation sites excluding steroid dienone is 1. The zero-order valence-electron chi connectivity index (χ0n) is 13.3. The number of fused-ring (bicyclic) bond motifs is 1. The highest BCUT2D eigenvalue weighted by molar-refractivity contribution is 5.93. The van der Waals surface area contributed by atoms with E-state index in [4.69, 9.17) is 0 Å². The molecule has 1 aliphatic carbocycles. The molecule has 0 aliphatic heterocycles. The van der Waals surface area contributed by atoms with Gasteiger partial charge in [0.15, 0.2) is 0 Å². The summed E-state index contributed by atoms with van der Waals surface area (Å²) < 4.78 is 0. The van der Waals surface area contributed by atoms with E-state index in [0.29, 0.717) is 17.4 Å². The Kier molecular flexibility index (Phi) is 3.75. The van der Waals surface area contributed by atoms with Gasteiger partial charge in [-0.25, -0.2) is 0 Å². The highest BCUT2D eigenvalue weighted by Crippen LogP contribution is 2.35. The van der Waals surface area contributed by atoms with Crippen LogP contribution in [-0.4, -0.2) is 6.04 Å². The van der Waals surface area contributed by atoms with Crippen molar-refractivity contribution in [3.63, 3.8) is 0 Å². The Bertz CT molecular complexity index is 643. The fraction of sp³-hybridized carbons (Fsp3) is 0.400. The molecule has 0 spiro atoms. The molecule has 0 fully saturated rings. The van der Waals surface area contributed by atoms with Crippen LogP contribution in [-0.2, 0) is 0 Å².